The molecule has 2 heterocycles. The van der Waals surface area contributed by atoms with Gasteiger partial charge in [0.2, 0.25) is 11.9 Å². The Kier molecular flexibility index (Phi) is 9.29. The van der Waals surface area contributed by atoms with Crippen LogP contribution in [0.3, 0.4) is 0 Å². The highest BCUT2D eigenvalue weighted by Crippen LogP contribution is 2.43. The number of ether oxygens (including phenoxy) is 1. The zero-order valence-corrected chi connectivity index (χ0v) is 25.0. The molecule has 44 heavy (non-hydrogen) atoms. The average Bonchev–Trinajstić information content (AvgIpc) is 3.36. The SMILES string of the molecule is COC(=O)C1=C(C)N(c2cccc(C(F)(F)F)c2)c2n[nH]c(=O)n2[C@@H]1c1ccc(C#N)cc1C[NH+](C)CCCC(=O)N(C)C. The Balaban J connectivity index is 1.86. The highest BCUT2D eigenvalue weighted by Gasteiger charge is 2.41. The minimum atomic E-state index is -4.63. The van der Waals surface area contributed by atoms with Gasteiger partial charge in [-0.2, -0.15) is 18.4 Å². The quantitative estimate of drug-likeness (QED) is 0.356. The lowest BCUT2D eigenvalue weighted by Crippen LogP contribution is -3.07. The number of rotatable bonds is 9. The molecule has 2 atom stereocenters. The summed E-state index contributed by atoms with van der Waals surface area (Å²) >= 11 is 0. The lowest BCUT2D eigenvalue weighted by molar-refractivity contribution is -0.893. The number of aromatic nitrogens is 3. The van der Waals surface area contributed by atoms with Crippen LogP contribution >= 0.6 is 0 Å². The largest absolute Gasteiger partial charge is 0.466 e. The Labute approximate surface area is 251 Å². The number of halogens is 3. The van der Waals surface area contributed by atoms with Crippen LogP contribution in [-0.2, 0) is 27.0 Å². The Morgan fingerprint density at radius 1 is 1.20 bits per heavy atom. The third-order valence-corrected chi connectivity index (χ3v) is 7.53. The number of methoxy groups -OCH3 is 1. The van der Waals surface area contributed by atoms with E-state index in [1.165, 1.54) is 33.6 Å². The number of anilines is 2. The molecule has 0 aliphatic carbocycles. The maximum absolute atomic E-state index is 13.6. The Morgan fingerprint density at radius 2 is 1.93 bits per heavy atom. The van der Waals surface area contributed by atoms with Crippen molar-refractivity contribution < 1.29 is 32.4 Å². The van der Waals surface area contributed by atoms with E-state index in [2.05, 4.69) is 16.3 Å². The third kappa shape index (κ3) is 6.37. The first-order valence-corrected chi connectivity index (χ1v) is 13.8. The van der Waals surface area contributed by atoms with E-state index in [-0.39, 0.29) is 28.8 Å². The molecule has 3 aromatic rings. The second-order valence-corrected chi connectivity index (χ2v) is 10.8. The van der Waals surface area contributed by atoms with Crippen molar-refractivity contribution in [2.75, 3.05) is 39.7 Å². The molecular formula is C30H33F3N7O4+. The average molecular weight is 613 g/mol. The van der Waals surface area contributed by atoms with Gasteiger partial charge >= 0.3 is 17.8 Å². The predicted molar refractivity (Wildman–Crippen MR) is 154 cm³/mol. The molecule has 1 aliphatic rings. The van der Waals surface area contributed by atoms with Crippen LogP contribution < -0.4 is 15.5 Å². The van der Waals surface area contributed by atoms with Crippen LogP contribution in [0.15, 0.2) is 58.5 Å². The number of carbonyl (C=O) groups excluding carboxylic acids is 2. The van der Waals surface area contributed by atoms with Crippen LogP contribution in [0, 0.1) is 11.3 Å². The summed E-state index contributed by atoms with van der Waals surface area (Å²) in [5, 5.41) is 16.2. The van der Waals surface area contributed by atoms with Gasteiger partial charge in [0.05, 0.1) is 43.5 Å². The Morgan fingerprint density at radius 3 is 2.57 bits per heavy atom. The molecule has 11 nitrogen and oxygen atoms in total. The van der Waals surface area contributed by atoms with Gasteiger partial charge in [-0.15, -0.1) is 5.10 Å². The molecule has 1 aliphatic heterocycles. The maximum atomic E-state index is 13.6. The summed E-state index contributed by atoms with van der Waals surface area (Å²) in [6.45, 7) is 2.55. The first-order chi connectivity index (χ1) is 20.8. The molecule has 232 valence electrons. The topological polar surface area (TPSA) is 129 Å². The molecule has 4 rings (SSSR count). The van der Waals surface area contributed by atoms with E-state index in [4.69, 9.17) is 4.74 Å². The Bertz CT molecular complexity index is 1700. The number of amides is 1. The van der Waals surface area contributed by atoms with Crippen molar-refractivity contribution in [1.29, 1.82) is 5.26 Å². The zero-order valence-electron chi connectivity index (χ0n) is 25.0. The van der Waals surface area contributed by atoms with E-state index >= 15 is 0 Å². The number of nitrogens with one attached hydrogen (secondary N) is 2. The van der Waals surface area contributed by atoms with Crippen LogP contribution in [0.1, 0.15) is 48.1 Å². The van der Waals surface area contributed by atoms with Crippen LogP contribution in [0.2, 0.25) is 0 Å². The smallest absolute Gasteiger partial charge is 0.416 e. The van der Waals surface area contributed by atoms with E-state index in [0.717, 1.165) is 17.0 Å². The normalized spacial score (nSPS) is 15.4. The number of hydrogen-bond acceptors (Lipinski definition) is 7. The predicted octanol–water partition coefficient (Wildman–Crippen LogP) is 2.53. The molecular weight excluding hydrogens is 579 g/mol. The second kappa shape index (κ2) is 12.8. The van der Waals surface area contributed by atoms with Crippen molar-refractivity contribution in [2.45, 2.75) is 38.5 Å². The summed E-state index contributed by atoms with van der Waals surface area (Å²) < 4.78 is 47.2. The van der Waals surface area contributed by atoms with Crippen molar-refractivity contribution >= 4 is 23.5 Å². The van der Waals surface area contributed by atoms with E-state index in [1.807, 2.05) is 7.05 Å². The van der Waals surface area contributed by atoms with Crippen LogP contribution in [0.25, 0.3) is 0 Å². The minimum absolute atomic E-state index is 0.00712. The number of aromatic amines is 1. The fourth-order valence-corrected chi connectivity index (χ4v) is 5.35. The number of nitrogens with zero attached hydrogens (tertiary/aromatic N) is 5. The summed E-state index contributed by atoms with van der Waals surface area (Å²) in [5.41, 5.74) is 0.185. The zero-order chi connectivity index (χ0) is 32.3. The standard InChI is InChI=1S/C30H32F3N7O4/c1-18-25(27(42)44-5)26(23-12-11-19(16-34)14-20(23)17-38(4)13-7-10-24(41)37(2)3)40-28(35-36-29(40)43)39(18)22-9-6-8-21(15-22)30(31,32)33/h6,8-9,11-12,14-15,26H,7,10,13,17H2,1-5H3,(H,36,43)/p+1/t26-/m1/s1. The molecule has 1 amide bonds. The number of fused-ring (bicyclic) bond motifs is 1. The number of esters is 1. The monoisotopic (exact) mass is 612 g/mol. The number of quaternary nitrogens is 1. The molecule has 0 bridgehead atoms. The van der Waals surface area contributed by atoms with Gasteiger partial charge in [0.15, 0.2) is 0 Å². The lowest BCUT2D eigenvalue weighted by Gasteiger charge is -2.36. The van der Waals surface area contributed by atoms with Gasteiger partial charge in [0, 0.05) is 43.9 Å². The number of H-pyrrole nitrogens is 1. The van der Waals surface area contributed by atoms with E-state index in [0.29, 0.717) is 42.6 Å². The highest BCUT2D eigenvalue weighted by atomic mass is 19.4. The van der Waals surface area contributed by atoms with Gasteiger partial charge in [0.1, 0.15) is 12.6 Å². The second-order valence-electron chi connectivity index (χ2n) is 10.8. The summed E-state index contributed by atoms with van der Waals surface area (Å²) in [6, 6.07) is 10.4. The first-order valence-electron chi connectivity index (χ1n) is 13.8. The van der Waals surface area contributed by atoms with Crippen molar-refractivity contribution in [3.8, 4) is 6.07 Å². The number of nitriles is 1. The van der Waals surface area contributed by atoms with E-state index in [9.17, 15) is 32.8 Å². The first kappa shape index (κ1) is 32.0. The van der Waals surface area contributed by atoms with E-state index < -0.39 is 29.4 Å². The number of alkyl halides is 3. The number of hydrogen-bond donors (Lipinski definition) is 2. The summed E-state index contributed by atoms with van der Waals surface area (Å²) in [6.07, 6.45) is -3.65. The summed E-state index contributed by atoms with van der Waals surface area (Å²) in [7, 11) is 6.49. The van der Waals surface area contributed by atoms with Crippen molar-refractivity contribution in [2.24, 2.45) is 0 Å². The van der Waals surface area contributed by atoms with Crippen LogP contribution in [0.4, 0.5) is 24.8 Å². The summed E-state index contributed by atoms with van der Waals surface area (Å²) in [5.74, 6) is -0.809. The highest BCUT2D eigenvalue weighted by molar-refractivity contribution is 5.93. The van der Waals surface area contributed by atoms with Gasteiger partial charge < -0.3 is 14.5 Å². The van der Waals surface area contributed by atoms with Crippen molar-refractivity contribution in [3.05, 3.63) is 86.5 Å². The maximum Gasteiger partial charge on any atom is 0.416 e. The molecule has 1 aromatic heterocycles. The van der Waals surface area contributed by atoms with Gasteiger partial charge in [-0.05, 0) is 42.8 Å². The Hall–Kier alpha value is -4.90. The molecule has 0 saturated carbocycles. The molecule has 0 fully saturated rings. The minimum Gasteiger partial charge on any atom is -0.466 e. The third-order valence-electron chi connectivity index (χ3n) is 7.53. The van der Waals surface area contributed by atoms with Crippen LogP contribution in [-0.4, -0.2) is 66.3 Å². The van der Waals surface area contributed by atoms with Gasteiger partial charge in [-0.3, -0.25) is 9.69 Å². The molecule has 2 N–H and O–H groups in total. The molecule has 2 aromatic carbocycles. The molecule has 0 radical (unpaired) electrons. The number of benzene rings is 2. The van der Waals surface area contributed by atoms with Gasteiger partial charge in [-0.1, -0.05) is 12.1 Å². The molecule has 14 heteroatoms. The lowest BCUT2D eigenvalue weighted by atomic mass is 9.90. The number of allylic oxidation sites excluding steroid dienone is 1. The molecule has 0 spiro atoms. The molecule has 1 unspecified atom stereocenters. The van der Waals surface area contributed by atoms with Crippen LogP contribution in [0.5, 0.6) is 0 Å². The molecule has 0 saturated heterocycles. The van der Waals surface area contributed by atoms with Gasteiger partial charge in [0.25, 0.3) is 0 Å². The number of carbonyl (C=O) groups is 2. The fraction of sp³-hybridized carbons (Fsp3) is 0.367. The van der Waals surface area contributed by atoms with Crippen molar-refractivity contribution in [3.63, 3.8) is 0 Å². The van der Waals surface area contributed by atoms with Gasteiger partial charge in [-0.25, -0.2) is 19.3 Å². The summed E-state index contributed by atoms with van der Waals surface area (Å²) in [4.78, 5) is 42.6. The fourth-order valence-electron chi connectivity index (χ4n) is 5.35. The van der Waals surface area contributed by atoms with Crippen molar-refractivity contribution in [1.82, 2.24) is 19.7 Å². The van der Waals surface area contributed by atoms with E-state index in [1.54, 1.807) is 39.2 Å².